The largest absolute Gasteiger partial charge is 0.489 e. The number of benzene rings is 2. The number of hydrogen-bond acceptors (Lipinski definition) is 4. The molecule has 0 aromatic heterocycles. The molecule has 0 saturated heterocycles. The second-order valence-corrected chi connectivity index (χ2v) is 6.98. The summed E-state index contributed by atoms with van der Waals surface area (Å²) >= 11 is 0. The minimum absolute atomic E-state index is 0.113. The third-order valence-electron chi connectivity index (χ3n) is 4.72. The molecule has 0 radical (unpaired) electrons. The number of carbonyl (C=O) groups is 1. The number of carbonyl (C=O) groups excluding carboxylic acids is 1. The summed E-state index contributed by atoms with van der Waals surface area (Å²) < 4.78 is 10.8. The van der Waals surface area contributed by atoms with Crippen molar-refractivity contribution < 1.29 is 14.3 Å². The molecule has 0 bridgehead atoms. The molecule has 2 rings (SSSR count). The Hall–Kier alpha value is -3.07. The van der Waals surface area contributed by atoms with Crippen molar-refractivity contribution in [2.75, 3.05) is 7.11 Å². The van der Waals surface area contributed by atoms with Gasteiger partial charge in [-0.3, -0.25) is 4.79 Å². The van der Waals surface area contributed by atoms with E-state index in [0.717, 1.165) is 6.42 Å². The van der Waals surface area contributed by atoms with Crippen LogP contribution in [-0.2, 0) is 5.41 Å². The summed E-state index contributed by atoms with van der Waals surface area (Å²) in [5.41, 5.74) is 1.89. The maximum Gasteiger partial charge on any atom is 0.427 e. The van der Waals surface area contributed by atoms with E-state index < -0.39 is 6.23 Å². The van der Waals surface area contributed by atoms with Gasteiger partial charge in [0.2, 0.25) is 11.1 Å². The first-order chi connectivity index (χ1) is 12.8. The molecular formula is C21H26N3O3+. The van der Waals surface area contributed by atoms with E-state index in [4.69, 9.17) is 14.9 Å². The van der Waals surface area contributed by atoms with Gasteiger partial charge in [-0.15, -0.1) is 0 Å². The molecule has 6 nitrogen and oxygen atoms in total. The zero-order valence-corrected chi connectivity index (χ0v) is 16.4. The lowest BCUT2D eigenvalue weighted by molar-refractivity contribution is 0.0851. The van der Waals surface area contributed by atoms with Gasteiger partial charge in [0.25, 0.3) is 5.91 Å². The summed E-state index contributed by atoms with van der Waals surface area (Å²) in [5.74, 6) is 0.728. The molecule has 142 valence electrons. The van der Waals surface area contributed by atoms with Crippen LogP contribution in [0.1, 0.15) is 50.0 Å². The second-order valence-electron chi connectivity index (χ2n) is 6.98. The first-order valence-electron chi connectivity index (χ1n) is 8.92. The summed E-state index contributed by atoms with van der Waals surface area (Å²) in [6, 6.07) is 12.5. The van der Waals surface area contributed by atoms with Crippen LogP contribution < -0.4 is 14.8 Å². The number of amides is 1. The fraction of sp³-hybridized carbons (Fsp3) is 0.381. The Bertz CT molecular complexity index is 839. The fourth-order valence-electron chi connectivity index (χ4n) is 2.60. The van der Waals surface area contributed by atoms with Crippen molar-refractivity contribution in [3.05, 3.63) is 58.6 Å². The van der Waals surface area contributed by atoms with Gasteiger partial charge in [0.15, 0.2) is 11.2 Å². The van der Waals surface area contributed by atoms with E-state index in [1.54, 1.807) is 19.1 Å². The van der Waals surface area contributed by atoms with Gasteiger partial charge in [-0.25, -0.2) is 0 Å². The van der Waals surface area contributed by atoms with E-state index in [1.807, 2.05) is 24.3 Å². The molecule has 27 heavy (non-hydrogen) atoms. The lowest BCUT2D eigenvalue weighted by atomic mass is 9.82. The molecule has 6 heteroatoms. The predicted octanol–water partition coefficient (Wildman–Crippen LogP) is 5.02. The topological polar surface area (TPSA) is 75.7 Å². The summed E-state index contributed by atoms with van der Waals surface area (Å²) in [6.45, 7) is 8.32. The number of ether oxygens (including phenoxy) is 2. The molecule has 1 N–H and O–H groups in total. The molecule has 2 aromatic rings. The lowest BCUT2D eigenvalue weighted by Crippen LogP contribution is -2.36. The molecular weight excluding hydrogens is 342 g/mol. The first kappa shape index (κ1) is 20.2. The number of nitrogens with zero attached hydrogens (tertiary/aromatic N) is 2. The average Bonchev–Trinajstić information content (AvgIpc) is 2.67. The summed E-state index contributed by atoms with van der Waals surface area (Å²) in [7, 11) is 1.46. The van der Waals surface area contributed by atoms with Gasteiger partial charge in [0, 0.05) is 5.56 Å². The zero-order chi connectivity index (χ0) is 20.0. The first-order valence-corrected chi connectivity index (χ1v) is 8.92. The van der Waals surface area contributed by atoms with Crippen molar-refractivity contribution in [1.82, 2.24) is 5.32 Å². The van der Waals surface area contributed by atoms with Crippen LogP contribution in [0.25, 0.3) is 4.98 Å². The maximum atomic E-state index is 12.4. The Morgan fingerprint density at radius 3 is 2.44 bits per heavy atom. The molecule has 0 fully saturated rings. The molecule has 0 aliphatic heterocycles. The summed E-state index contributed by atoms with van der Waals surface area (Å²) in [4.78, 5) is 15.5. The van der Waals surface area contributed by atoms with Crippen molar-refractivity contribution in [3.63, 3.8) is 0 Å². The van der Waals surface area contributed by atoms with Crippen molar-refractivity contribution in [3.8, 4) is 11.5 Å². The third-order valence-corrected chi connectivity index (χ3v) is 4.72. The van der Waals surface area contributed by atoms with Crippen molar-refractivity contribution in [2.45, 2.75) is 45.8 Å². The number of rotatable bonds is 7. The Morgan fingerprint density at radius 1 is 1.22 bits per heavy atom. The predicted molar refractivity (Wildman–Crippen MR) is 105 cm³/mol. The van der Waals surface area contributed by atoms with Crippen LogP contribution in [0.2, 0.25) is 0 Å². The smallest absolute Gasteiger partial charge is 0.427 e. The average molecular weight is 368 g/mol. The zero-order valence-electron chi connectivity index (χ0n) is 16.4. The molecule has 2 aromatic carbocycles. The van der Waals surface area contributed by atoms with E-state index in [1.165, 1.54) is 18.7 Å². The lowest BCUT2D eigenvalue weighted by Gasteiger charge is -2.24. The van der Waals surface area contributed by atoms with Gasteiger partial charge in [-0.2, -0.15) is 0 Å². The summed E-state index contributed by atoms with van der Waals surface area (Å²) in [6.07, 6.45) is 0.517. The van der Waals surface area contributed by atoms with Crippen molar-refractivity contribution >= 4 is 11.6 Å². The van der Waals surface area contributed by atoms with Crippen LogP contribution in [-0.4, -0.2) is 19.2 Å². The minimum Gasteiger partial charge on any atom is -0.489 e. The molecule has 1 unspecified atom stereocenters. The highest BCUT2D eigenvalue weighted by Gasteiger charge is 2.20. The Balaban J connectivity index is 2.02. The Kier molecular flexibility index (Phi) is 6.40. The standard InChI is InChI=1S/C21H25N3O3/c1-6-21(3,4)16-8-10-17(11-9-16)27-14(2)23-20(25)15-7-12-19(26-5)18(13-15)24-22/h7-14H,6H2,1-5H3/p+1. The summed E-state index contributed by atoms with van der Waals surface area (Å²) in [5, 5.41) is 11.8. The van der Waals surface area contributed by atoms with Gasteiger partial charge in [-0.05, 0) is 48.6 Å². The van der Waals surface area contributed by atoms with E-state index in [9.17, 15) is 4.79 Å². The van der Waals surface area contributed by atoms with Crippen LogP contribution in [0, 0.1) is 5.39 Å². The highest BCUT2D eigenvalue weighted by molar-refractivity contribution is 5.95. The minimum atomic E-state index is -0.529. The SMILES string of the molecule is CCC(C)(C)c1ccc(OC(C)NC(=O)c2ccc(OC)c([N+]#N)c2)cc1. The number of methoxy groups -OCH3 is 1. The highest BCUT2D eigenvalue weighted by atomic mass is 16.5. The van der Waals surface area contributed by atoms with Gasteiger partial charge in [0.05, 0.1) is 13.2 Å². The molecule has 1 amide bonds. The highest BCUT2D eigenvalue weighted by Crippen LogP contribution is 2.29. The molecule has 0 heterocycles. The van der Waals surface area contributed by atoms with E-state index >= 15 is 0 Å². The molecule has 0 aliphatic rings. The van der Waals surface area contributed by atoms with Crippen LogP contribution in [0.15, 0.2) is 42.5 Å². The second kappa shape index (κ2) is 8.54. The number of nitrogens with one attached hydrogen (secondary N) is 1. The van der Waals surface area contributed by atoms with E-state index in [0.29, 0.717) is 17.1 Å². The molecule has 1 atom stereocenters. The van der Waals surface area contributed by atoms with Gasteiger partial charge in [-0.1, -0.05) is 32.9 Å². The van der Waals surface area contributed by atoms with E-state index in [-0.39, 0.29) is 17.0 Å². The number of hydrogen-bond donors (Lipinski definition) is 1. The normalized spacial score (nSPS) is 12.0. The van der Waals surface area contributed by atoms with E-state index in [2.05, 4.69) is 31.1 Å². The van der Waals surface area contributed by atoms with Crippen LogP contribution in [0.3, 0.4) is 0 Å². The molecule has 0 aliphatic carbocycles. The van der Waals surface area contributed by atoms with Crippen molar-refractivity contribution in [2.24, 2.45) is 0 Å². The Morgan fingerprint density at radius 2 is 1.89 bits per heavy atom. The van der Waals surface area contributed by atoms with Crippen LogP contribution in [0.4, 0.5) is 5.69 Å². The third kappa shape index (κ3) is 4.98. The molecule has 0 saturated carbocycles. The van der Waals surface area contributed by atoms with Gasteiger partial charge in [0.1, 0.15) is 5.75 Å². The fourth-order valence-corrected chi connectivity index (χ4v) is 2.60. The van der Waals surface area contributed by atoms with Crippen LogP contribution >= 0.6 is 0 Å². The monoisotopic (exact) mass is 368 g/mol. The quantitative estimate of drug-likeness (QED) is 0.550. The molecule has 0 spiro atoms. The van der Waals surface area contributed by atoms with Crippen molar-refractivity contribution in [1.29, 1.82) is 5.39 Å². The Labute approximate surface area is 160 Å². The van der Waals surface area contributed by atoms with Gasteiger partial charge < -0.3 is 14.8 Å². The van der Waals surface area contributed by atoms with Crippen LogP contribution in [0.5, 0.6) is 11.5 Å². The van der Waals surface area contributed by atoms with Gasteiger partial charge >= 0.3 is 5.69 Å². The maximum absolute atomic E-state index is 12.4. The number of diazo groups is 1.